The molecule has 0 bridgehead atoms. The largest absolute Gasteiger partial charge is 0.395 e. The van der Waals surface area contributed by atoms with Gasteiger partial charge in [0.2, 0.25) is 5.91 Å². The van der Waals surface area contributed by atoms with Gasteiger partial charge in [0.15, 0.2) is 0 Å². The van der Waals surface area contributed by atoms with Crippen molar-refractivity contribution in [3.63, 3.8) is 0 Å². The molecule has 10 heavy (non-hydrogen) atoms. The minimum atomic E-state index is -0.301. The highest BCUT2D eigenvalue weighted by Crippen LogP contribution is 1.84. The van der Waals surface area contributed by atoms with Gasteiger partial charge in [0.25, 0.3) is 0 Å². The number of primary amides is 1. The van der Waals surface area contributed by atoms with Crippen LogP contribution < -0.4 is 5.73 Å². The van der Waals surface area contributed by atoms with Crippen LogP contribution in [0.3, 0.4) is 0 Å². The van der Waals surface area contributed by atoms with E-state index in [2.05, 4.69) is 0 Å². The Morgan fingerprint density at radius 1 is 1.60 bits per heavy atom. The van der Waals surface area contributed by atoms with Crippen molar-refractivity contribution in [1.29, 1.82) is 0 Å². The Morgan fingerprint density at radius 3 is 2.60 bits per heavy atom. The van der Waals surface area contributed by atoms with E-state index in [9.17, 15) is 4.79 Å². The van der Waals surface area contributed by atoms with Crippen molar-refractivity contribution in [3.8, 4) is 0 Å². The zero-order valence-corrected chi connectivity index (χ0v) is 6.21. The molecule has 0 aliphatic carbocycles. The van der Waals surface area contributed by atoms with Crippen molar-refractivity contribution in [2.75, 3.05) is 26.7 Å². The highest BCUT2D eigenvalue weighted by molar-refractivity contribution is 5.73. The van der Waals surface area contributed by atoms with E-state index in [0.717, 1.165) is 0 Å². The molecule has 60 valence electrons. The third kappa shape index (κ3) is 5.53. The second-order valence-electron chi connectivity index (χ2n) is 2.24. The first-order valence-electron chi connectivity index (χ1n) is 3.24. The molecule has 0 heterocycles. The second-order valence-corrected chi connectivity index (χ2v) is 2.24. The number of amides is 1. The van der Waals surface area contributed by atoms with Gasteiger partial charge in [-0.1, -0.05) is 0 Å². The van der Waals surface area contributed by atoms with Crippen LogP contribution in [0, 0.1) is 0 Å². The molecule has 4 heteroatoms. The fourth-order valence-electron chi connectivity index (χ4n) is 0.584. The number of likely N-dealkylation sites (N-methyl/N-ethyl adjacent to an activating group) is 1. The Bertz CT molecular complexity index is 106. The summed E-state index contributed by atoms with van der Waals surface area (Å²) in [6.45, 7) is 1.33. The molecule has 0 unspecified atom stereocenters. The molecule has 0 fully saturated rings. The van der Waals surface area contributed by atoms with E-state index in [1.54, 1.807) is 0 Å². The standard InChI is InChI=1S/C6H14N2O2/c1-8(4-5-9)3-2-6(7)10/h9H,2-5H2,1H3,(H2,7,10). The summed E-state index contributed by atoms with van der Waals surface area (Å²) < 4.78 is 0. The van der Waals surface area contributed by atoms with Crippen LogP contribution in [-0.4, -0.2) is 42.7 Å². The molecule has 0 saturated carbocycles. The van der Waals surface area contributed by atoms with Gasteiger partial charge in [0.1, 0.15) is 0 Å². The van der Waals surface area contributed by atoms with Crippen molar-refractivity contribution < 1.29 is 9.90 Å². The number of carbonyl (C=O) groups excluding carboxylic acids is 1. The fraction of sp³-hybridized carbons (Fsp3) is 0.833. The van der Waals surface area contributed by atoms with Gasteiger partial charge in [-0.2, -0.15) is 0 Å². The van der Waals surface area contributed by atoms with Crippen LogP contribution >= 0.6 is 0 Å². The number of aliphatic hydroxyl groups excluding tert-OH is 1. The number of nitrogens with zero attached hydrogens (tertiary/aromatic N) is 1. The Kier molecular flexibility index (Phi) is 4.88. The van der Waals surface area contributed by atoms with Crippen LogP contribution in [0.2, 0.25) is 0 Å². The summed E-state index contributed by atoms with van der Waals surface area (Å²) in [6, 6.07) is 0. The Balaban J connectivity index is 3.21. The summed E-state index contributed by atoms with van der Waals surface area (Å²) in [6.07, 6.45) is 0.358. The van der Waals surface area contributed by atoms with Crippen molar-refractivity contribution >= 4 is 5.91 Å². The highest BCUT2D eigenvalue weighted by Gasteiger charge is 1.98. The lowest BCUT2D eigenvalue weighted by Crippen LogP contribution is -2.26. The summed E-state index contributed by atoms with van der Waals surface area (Å²) in [4.78, 5) is 12.1. The van der Waals surface area contributed by atoms with Crippen molar-refractivity contribution in [2.45, 2.75) is 6.42 Å². The number of hydrogen-bond donors (Lipinski definition) is 2. The quantitative estimate of drug-likeness (QED) is 0.511. The summed E-state index contributed by atoms with van der Waals surface area (Å²) in [7, 11) is 1.83. The maximum atomic E-state index is 10.2. The third-order valence-electron chi connectivity index (χ3n) is 1.22. The molecular weight excluding hydrogens is 132 g/mol. The first-order chi connectivity index (χ1) is 4.66. The lowest BCUT2D eigenvalue weighted by atomic mass is 10.4. The van der Waals surface area contributed by atoms with E-state index in [4.69, 9.17) is 10.8 Å². The maximum absolute atomic E-state index is 10.2. The van der Waals surface area contributed by atoms with E-state index in [1.165, 1.54) is 0 Å². The zero-order valence-electron chi connectivity index (χ0n) is 6.21. The molecule has 0 aromatic heterocycles. The monoisotopic (exact) mass is 146 g/mol. The van der Waals surface area contributed by atoms with Gasteiger partial charge < -0.3 is 15.7 Å². The summed E-state index contributed by atoms with van der Waals surface area (Å²) >= 11 is 0. The van der Waals surface area contributed by atoms with E-state index in [1.807, 2.05) is 11.9 Å². The van der Waals surface area contributed by atoms with Crippen LogP contribution in [-0.2, 0) is 4.79 Å². The second kappa shape index (κ2) is 5.20. The minimum Gasteiger partial charge on any atom is -0.395 e. The van der Waals surface area contributed by atoms with E-state index in [-0.39, 0.29) is 12.5 Å². The molecule has 1 amide bonds. The van der Waals surface area contributed by atoms with E-state index < -0.39 is 0 Å². The van der Waals surface area contributed by atoms with Gasteiger partial charge in [-0.15, -0.1) is 0 Å². The van der Waals surface area contributed by atoms with Crippen LogP contribution in [0.15, 0.2) is 0 Å². The Labute approximate surface area is 60.6 Å². The van der Waals surface area contributed by atoms with Crippen molar-refractivity contribution in [1.82, 2.24) is 4.90 Å². The zero-order chi connectivity index (χ0) is 7.98. The normalized spacial score (nSPS) is 10.3. The number of rotatable bonds is 5. The van der Waals surface area contributed by atoms with Gasteiger partial charge in [-0.05, 0) is 7.05 Å². The molecular formula is C6H14N2O2. The molecule has 0 saturated heterocycles. The summed E-state index contributed by atoms with van der Waals surface area (Å²) in [5, 5.41) is 8.44. The Morgan fingerprint density at radius 2 is 2.20 bits per heavy atom. The fourth-order valence-corrected chi connectivity index (χ4v) is 0.584. The number of hydrogen-bond acceptors (Lipinski definition) is 3. The molecule has 0 atom stereocenters. The van der Waals surface area contributed by atoms with Gasteiger partial charge in [0.05, 0.1) is 6.61 Å². The maximum Gasteiger partial charge on any atom is 0.218 e. The smallest absolute Gasteiger partial charge is 0.218 e. The van der Waals surface area contributed by atoms with Gasteiger partial charge in [-0.25, -0.2) is 0 Å². The van der Waals surface area contributed by atoms with Crippen molar-refractivity contribution in [2.24, 2.45) is 5.73 Å². The lowest BCUT2D eigenvalue weighted by molar-refractivity contribution is -0.118. The van der Waals surface area contributed by atoms with Crippen LogP contribution in [0.4, 0.5) is 0 Å². The Hall–Kier alpha value is -0.610. The molecule has 0 aliphatic rings. The molecule has 0 aromatic carbocycles. The molecule has 0 spiro atoms. The minimum absolute atomic E-state index is 0.120. The summed E-state index contributed by atoms with van der Waals surface area (Å²) in [5.41, 5.74) is 4.91. The van der Waals surface area contributed by atoms with Crippen molar-refractivity contribution in [3.05, 3.63) is 0 Å². The summed E-state index contributed by atoms with van der Waals surface area (Å²) in [5.74, 6) is -0.301. The van der Waals surface area contributed by atoms with Crippen LogP contribution in [0.25, 0.3) is 0 Å². The molecule has 0 aliphatic heterocycles. The van der Waals surface area contributed by atoms with Gasteiger partial charge in [-0.3, -0.25) is 4.79 Å². The average molecular weight is 146 g/mol. The van der Waals surface area contributed by atoms with Crippen LogP contribution in [0.5, 0.6) is 0 Å². The average Bonchev–Trinajstić information content (AvgIpc) is 1.85. The first kappa shape index (κ1) is 9.39. The third-order valence-corrected chi connectivity index (χ3v) is 1.22. The molecule has 0 radical (unpaired) electrons. The van der Waals surface area contributed by atoms with Gasteiger partial charge in [0, 0.05) is 19.5 Å². The molecule has 4 nitrogen and oxygen atoms in total. The first-order valence-corrected chi connectivity index (χ1v) is 3.24. The topological polar surface area (TPSA) is 66.6 Å². The highest BCUT2D eigenvalue weighted by atomic mass is 16.3. The van der Waals surface area contributed by atoms with Crippen LogP contribution in [0.1, 0.15) is 6.42 Å². The number of aliphatic hydroxyl groups is 1. The molecule has 3 N–H and O–H groups in total. The number of carbonyl (C=O) groups is 1. The molecule has 0 rings (SSSR count). The predicted molar refractivity (Wildman–Crippen MR) is 38.4 cm³/mol. The lowest BCUT2D eigenvalue weighted by Gasteiger charge is -2.12. The van der Waals surface area contributed by atoms with E-state index in [0.29, 0.717) is 19.5 Å². The SMILES string of the molecule is CN(CCO)CCC(N)=O. The molecule has 0 aromatic rings. The number of nitrogens with two attached hydrogens (primary N) is 1. The predicted octanol–water partition coefficient (Wildman–Crippen LogP) is -1.21. The van der Waals surface area contributed by atoms with Gasteiger partial charge >= 0.3 is 0 Å². The van der Waals surface area contributed by atoms with E-state index >= 15 is 0 Å².